The van der Waals surface area contributed by atoms with Crippen LogP contribution in [0.3, 0.4) is 0 Å². The van der Waals surface area contributed by atoms with Gasteiger partial charge in [0.1, 0.15) is 23.9 Å². The van der Waals surface area contributed by atoms with Gasteiger partial charge in [0.15, 0.2) is 0 Å². The Hall–Kier alpha value is -3.53. The molecule has 0 heterocycles. The summed E-state index contributed by atoms with van der Waals surface area (Å²) < 4.78 is 11.0. The van der Waals surface area contributed by atoms with E-state index in [1.165, 1.54) is 0 Å². The summed E-state index contributed by atoms with van der Waals surface area (Å²) >= 11 is 0. The number of phenols is 1. The molecule has 3 rings (SSSR count). The van der Waals surface area contributed by atoms with Crippen molar-refractivity contribution in [3.8, 4) is 17.2 Å². The normalized spacial score (nSPS) is 11.9. The third-order valence-electron chi connectivity index (χ3n) is 4.68. The van der Waals surface area contributed by atoms with Crippen LogP contribution in [0.2, 0.25) is 0 Å². The number of hydrogen-bond acceptors (Lipinski definition) is 4. The fourth-order valence-electron chi connectivity index (χ4n) is 3.07. The standard InChI is InChI=1S/C25H25NO3/c1-4-13-29-22-12-8-11-21(15-22)26-17-20-14-23(28-3)16-24(25(20)27)18(2)19-9-6-5-7-10-19/h4-12,14-18,27H,1,13H2,2-3H3. The summed E-state index contributed by atoms with van der Waals surface area (Å²) in [7, 11) is 1.62. The van der Waals surface area contributed by atoms with Gasteiger partial charge in [0.2, 0.25) is 0 Å². The molecule has 0 radical (unpaired) electrons. The van der Waals surface area contributed by atoms with E-state index in [9.17, 15) is 5.11 Å². The molecule has 3 aromatic carbocycles. The Morgan fingerprint density at radius 2 is 1.83 bits per heavy atom. The Bertz CT molecular complexity index is 996. The lowest BCUT2D eigenvalue weighted by Gasteiger charge is -2.17. The second-order valence-electron chi connectivity index (χ2n) is 6.64. The lowest BCUT2D eigenvalue weighted by molar-refractivity contribution is 0.363. The molecule has 1 unspecified atom stereocenters. The van der Waals surface area contributed by atoms with Crippen molar-refractivity contribution in [1.82, 2.24) is 0 Å². The highest BCUT2D eigenvalue weighted by molar-refractivity contribution is 5.87. The quantitative estimate of drug-likeness (QED) is 0.388. The van der Waals surface area contributed by atoms with Crippen LogP contribution >= 0.6 is 0 Å². The number of aliphatic imine (C=N–C) groups is 1. The molecule has 0 aliphatic carbocycles. The fraction of sp³-hybridized carbons (Fsp3) is 0.160. The zero-order chi connectivity index (χ0) is 20.6. The summed E-state index contributed by atoms with van der Waals surface area (Å²) in [4.78, 5) is 4.51. The summed E-state index contributed by atoms with van der Waals surface area (Å²) in [5.74, 6) is 1.59. The van der Waals surface area contributed by atoms with E-state index in [2.05, 4.69) is 18.5 Å². The predicted octanol–water partition coefficient (Wildman–Crippen LogP) is 5.87. The monoisotopic (exact) mass is 387 g/mol. The van der Waals surface area contributed by atoms with Crippen LogP contribution < -0.4 is 9.47 Å². The van der Waals surface area contributed by atoms with Crippen LogP contribution in [0.25, 0.3) is 0 Å². The van der Waals surface area contributed by atoms with E-state index in [0.29, 0.717) is 23.7 Å². The maximum Gasteiger partial charge on any atom is 0.128 e. The van der Waals surface area contributed by atoms with Gasteiger partial charge in [-0.2, -0.15) is 0 Å². The number of ether oxygens (including phenoxy) is 2. The molecule has 0 fully saturated rings. The number of nitrogens with zero attached hydrogens (tertiary/aromatic N) is 1. The molecule has 0 aliphatic heterocycles. The molecule has 0 bridgehead atoms. The molecule has 0 aliphatic rings. The van der Waals surface area contributed by atoms with E-state index in [1.54, 1.807) is 25.5 Å². The van der Waals surface area contributed by atoms with Crippen LogP contribution in [0, 0.1) is 0 Å². The second kappa shape index (κ2) is 9.60. The topological polar surface area (TPSA) is 51.0 Å². The SMILES string of the molecule is C=CCOc1cccc(N=Cc2cc(OC)cc(C(C)c3ccccc3)c2O)c1. The summed E-state index contributed by atoms with van der Waals surface area (Å²) in [6.07, 6.45) is 3.34. The van der Waals surface area contributed by atoms with E-state index in [0.717, 1.165) is 16.8 Å². The first-order valence-corrected chi connectivity index (χ1v) is 9.46. The third kappa shape index (κ3) is 5.05. The van der Waals surface area contributed by atoms with Crippen LogP contribution in [-0.4, -0.2) is 25.0 Å². The van der Waals surface area contributed by atoms with Crippen molar-refractivity contribution < 1.29 is 14.6 Å². The fourth-order valence-corrected chi connectivity index (χ4v) is 3.07. The van der Waals surface area contributed by atoms with Crippen molar-refractivity contribution in [2.75, 3.05) is 13.7 Å². The summed E-state index contributed by atoms with van der Waals surface area (Å²) in [5, 5.41) is 10.9. The Labute approximate surface area is 171 Å². The van der Waals surface area contributed by atoms with E-state index in [1.807, 2.05) is 60.7 Å². The first-order valence-electron chi connectivity index (χ1n) is 9.46. The molecule has 0 saturated heterocycles. The maximum atomic E-state index is 10.9. The number of hydrogen-bond donors (Lipinski definition) is 1. The number of aromatic hydroxyl groups is 1. The largest absolute Gasteiger partial charge is 0.507 e. The molecule has 29 heavy (non-hydrogen) atoms. The van der Waals surface area contributed by atoms with Gasteiger partial charge in [0, 0.05) is 29.3 Å². The minimum absolute atomic E-state index is 0.00841. The van der Waals surface area contributed by atoms with Gasteiger partial charge in [-0.15, -0.1) is 0 Å². The van der Waals surface area contributed by atoms with Crippen LogP contribution in [0.1, 0.15) is 29.5 Å². The van der Waals surface area contributed by atoms with Crippen molar-refractivity contribution >= 4 is 11.9 Å². The molecule has 0 aromatic heterocycles. The van der Waals surface area contributed by atoms with Crippen molar-refractivity contribution in [2.45, 2.75) is 12.8 Å². The Morgan fingerprint density at radius 3 is 2.55 bits per heavy atom. The molecule has 0 saturated carbocycles. The number of benzene rings is 3. The van der Waals surface area contributed by atoms with Crippen molar-refractivity contribution in [3.05, 3.63) is 96.1 Å². The molecule has 4 nitrogen and oxygen atoms in total. The minimum Gasteiger partial charge on any atom is -0.507 e. The first-order chi connectivity index (χ1) is 14.1. The molecule has 148 valence electrons. The molecule has 0 amide bonds. The van der Waals surface area contributed by atoms with E-state index >= 15 is 0 Å². The van der Waals surface area contributed by atoms with Gasteiger partial charge in [0.05, 0.1) is 12.8 Å². The lowest BCUT2D eigenvalue weighted by Crippen LogP contribution is -2.00. The lowest BCUT2D eigenvalue weighted by atomic mass is 9.91. The van der Waals surface area contributed by atoms with Crippen LogP contribution in [0.15, 0.2) is 84.4 Å². The molecule has 4 heteroatoms. The smallest absolute Gasteiger partial charge is 0.128 e. The average molecular weight is 387 g/mol. The van der Waals surface area contributed by atoms with Crippen molar-refractivity contribution in [1.29, 1.82) is 0 Å². The summed E-state index contributed by atoms with van der Waals surface area (Å²) in [6, 6.07) is 21.2. The van der Waals surface area contributed by atoms with Crippen molar-refractivity contribution in [2.24, 2.45) is 4.99 Å². The number of rotatable bonds is 8. The van der Waals surface area contributed by atoms with Gasteiger partial charge in [-0.25, -0.2) is 0 Å². The van der Waals surface area contributed by atoms with E-state index < -0.39 is 0 Å². The van der Waals surface area contributed by atoms with Gasteiger partial charge in [-0.1, -0.05) is 56.0 Å². The summed E-state index contributed by atoms with van der Waals surface area (Å²) in [5.41, 5.74) is 3.23. The zero-order valence-electron chi connectivity index (χ0n) is 16.7. The molecule has 1 atom stereocenters. The van der Waals surface area contributed by atoms with E-state index in [4.69, 9.17) is 9.47 Å². The average Bonchev–Trinajstić information content (AvgIpc) is 2.77. The summed E-state index contributed by atoms with van der Waals surface area (Å²) in [6.45, 7) is 6.15. The minimum atomic E-state index is 0.00841. The highest BCUT2D eigenvalue weighted by Crippen LogP contribution is 2.36. The molecule has 1 N–H and O–H groups in total. The van der Waals surface area contributed by atoms with Gasteiger partial charge < -0.3 is 14.6 Å². The molecule has 0 spiro atoms. The Morgan fingerprint density at radius 1 is 1.03 bits per heavy atom. The Kier molecular flexibility index (Phi) is 6.69. The molecular weight excluding hydrogens is 362 g/mol. The molecular formula is C25H25NO3. The molecule has 3 aromatic rings. The van der Waals surface area contributed by atoms with Gasteiger partial charge in [-0.3, -0.25) is 4.99 Å². The van der Waals surface area contributed by atoms with Crippen molar-refractivity contribution in [3.63, 3.8) is 0 Å². The number of phenolic OH excluding ortho intramolecular Hbond substituents is 1. The van der Waals surface area contributed by atoms with Crippen LogP contribution in [0.5, 0.6) is 17.2 Å². The second-order valence-corrected chi connectivity index (χ2v) is 6.64. The number of methoxy groups -OCH3 is 1. The van der Waals surface area contributed by atoms with Gasteiger partial charge in [0.25, 0.3) is 0 Å². The van der Waals surface area contributed by atoms with E-state index in [-0.39, 0.29) is 11.7 Å². The maximum absolute atomic E-state index is 10.9. The highest BCUT2D eigenvalue weighted by atomic mass is 16.5. The third-order valence-corrected chi connectivity index (χ3v) is 4.68. The van der Waals surface area contributed by atoms with Crippen LogP contribution in [0.4, 0.5) is 5.69 Å². The van der Waals surface area contributed by atoms with Gasteiger partial charge >= 0.3 is 0 Å². The highest BCUT2D eigenvalue weighted by Gasteiger charge is 2.17. The predicted molar refractivity (Wildman–Crippen MR) is 118 cm³/mol. The van der Waals surface area contributed by atoms with Gasteiger partial charge in [-0.05, 0) is 29.8 Å². The Balaban J connectivity index is 1.93. The first kappa shape index (κ1) is 20.2. The van der Waals surface area contributed by atoms with Crippen LogP contribution in [-0.2, 0) is 0 Å². The zero-order valence-corrected chi connectivity index (χ0v) is 16.7.